The normalized spacial score (nSPS) is 22.9. The highest BCUT2D eigenvalue weighted by molar-refractivity contribution is 5.93. The summed E-state index contributed by atoms with van der Waals surface area (Å²) < 4.78 is 0. The summed E-state index contributed by atoms with van der Waals surface area (Å²) in [6.07, 6.45) is 5.55. The molecule has 61 heavy (non-hydrogen) atoms. The lowest BCUT2D eigenvalue weighted by Crippen LogP contribution is -2.40. The third-order valence-electron chi connectivity index (χ3n) is 16.0. The SMILES string of the molecule is CC1(C)c2ccccc2-c2cc(N(c3ccc(-c4ccccc4)cc3)c3cc(-c4ccccc4)cc(-c4cccc5c4C4(c6ccccc6-5)C5CC6CC(C5)C4C6)c3)ccc21. The van der Waals surface area contributed by atoms with E-state index in [1.165, 1.54) is 104 Å². The van der Waals surface area contributed by atoms with Crippen LogP contribution in [0.4, 0.5) is 17.1 Å². The van der Waals surface area contributed by atoms with E-state index in [0.717, 1.165) is 23.4 Å². The highest BCUT2D eigenvalue weighted by Gasteiger charge is 2.66. The van der Waals surface area contributed by atoms with Crippen LogP contribution in [0.3, 0.4) is 0 Å². The molecule has 8 aromatic carbocycles. The van der Waals surface area contributed by atoms with Crippen molar-refractivity contribution < 1.29 is 0 Å². The van der Waals surface area contributed by atoms with Crippen molar-refractivity contribution in [2.75, 3.05) is 4.90 Å². The summed E-state index contributed by atoms with van der Waals surface area (Å²) in [5.74, 6) is 3.16. The van der Waals surface area contributed by atoms with Crippen LogP contribution in [0.5, 0.6) is 0 Å². The van der Waals surface area contributed by atoms with Crippen molar-refractivity contribution in [3.05, 3.63) is 210 Å². The van der Waals surface area contributed by atoms with Gasteiger partial charge in [-0.1, -0.05) is 159 Å². The molecule has 294 valence electrons. The van der Waals surface area contributed by atoms with E-state index in [-0.39, 0.29) is 10.8 Å². The topological polar surface area (TPSA) is 3.24 Å². The first-order chi connectivity index (χ1) is 30.0. The van der Waals surface area contributed by atoms with E-state index < -0.39 is 0 Å². The molecule has 5 atom stereocenters. The Balaban J connectivity index is 1.05. The van der Waals surface area contributed by atoms with E-state index in [2.05, 4.69) is 207 Å². The minimum Gasteiger partial charge on any atom is -0.310 e. The zero-order valence-electron chi connectivity index (χ0n) is 35.0. The molecule has 0 amide bonds. The Labute approximate surface area is 360 Å². The number of nitrogens with zero attached hydrogens (tertiary/aromatic N) is 1. The van der Waals surface area contributed by atoms with Gasteiger partial charge in [-0.15, -0.1) is 0 Å². The lowest BCUT2D eigenvalue weighted by atomic mass is 9.58. The average molecular weight is 784 g/mol. The van der Waals surface area contributed by atoms with Crippen molar-refractivity contribution in [1.29, 1.82) is 0 Å². The van der Waals surface area contributed by atoms with Gasteiger partial charge in [-0.2, -0.15) is 0 Å². The van der Waals surface area contributed by atoms with Crippen LogP contribution in [0.2, 0.25) is 0 Å². The molecule has 4 saturated carbocycles. The maximum absolute atomic E-state index is 2.52. The van der Waals surface area contributed by atoms with E-state index in [4.69, 9.17) is 0 Å². The molecular weight excluding hydrogens is 735 g/mol. The largest absolute Gasteiger partial charge is 0.310 e. The number of hydrogen-bond acceptors (Lipinski definition) is 1. The standard InChI is InChI=1S/C60H49N/c1-59(2)54-22-11-9-19-51(54)53-37-47(28-29-55(53)59)61(46-26-24-41(25-27-46)39-14-5-3-6-15-39)48-35-42(40-16-7-4-8-17-40)33-43(36-48)49-20-13-21-52-50-18-10-12-23-56(50)60(58(49)52)45-31-38-30-44(34-45)57(60)32-38/h3-29,33,35-38,44-45,57H,30-32,34H2,1-2H3. The quantitative estimate of drug-likeness (QED) is 0.162. The Morgan fingerprint density at radius 2 is 0.984 bits per heavy atom. The second-order valence-electron chi connectivity index (χ2n) is 19.3. The van der Waals surface area contributed by atoms with E-state index in [1.54, 1.807) is 11.1 Å². The van der Waals surface area contributed by atoms with E-state index in [9.17, 15) is 0 Å². The number of anilines is 3. The van der Waals surface area contributed by atoms with Gasteiger partial charge in [0.1, 0.15) is 0 Å². The highest BCUT2D eigenvalue weighted by atomic mass is 15.1. The Bertz CT molecular complexity index is 3030. The molecule has 14 rings (SSSR count). The molecule has 1 nitrogen and oxygen atoms in total. The Hall–Kier alpha value is -6.44. The first-order valence-electron chi connectivity index (χ1n) is 22.6. The van der Waals surface area contributed by atoms with Crippen LogP contribution in [0.25, 0.3) is 55.6 Å². The van der Waals surface area contributed by atoms with Gasteiger partial charge in [0.05, 0.1) is 0 Å². The zero-order valence-corrected chi connectivity index (χ0v) is 35.0. The van der Waals surface area contributed by atoms with Crippen LogP contribution >= 0.6 is 0 Å². The Morgan fingerprint density at radius 1 is 0.393 bits per heavy atom. The van der Waals surface area contributed by atoms with Gasteiger partial charge in [-0.25, -0.2) is 0 Å². The van der Waals surface area contributed by atoms with Crippen molar-refractivity contribution in [3.63, 3.8) is 0 Å². The maximum atomic E-state index is 2.52. The highest BCUT2D eigenvalue weighted by Crippen LogP contribution is 2.74. The lowest BCUT2D eigenvalue weighted by Gasteiger charge is -2.44. The first-order valence-corrected chi connectivity index (χ1v) is 22.6. The molecule has 6 aliphatic rings. The number of benzene rings is 8. The van der Waals surface area contributed by atoms with Crippen molar-refractivity contribution in [3.8, 4) is 55.6 Å². The molecule has 1 heteroatoms. The van der Waals surface area contributed by atoms with Crippen molar-refractivity contribution >= 4 is 17.1 Å². The monoisotopic (exact) mass is 783 g/mol. The van der Waals surface area contributed by atoms with Gasteiger partial charge in [0, 0.05) is 27.9 Å². The molecular formula is C60H49N. The molecule has 0 aromatic heterocycles. The minimum absolute atomic E-state index is 0.0622. The molecule has 8 aromatic rings. The van der Waals surface area contributed by atoms with Crippen molar-refractivity contribution in [2.24, 2.45) is 23.7 Å². The van der Waals surface area contributed by atoms with Crippen LogP contribution in [0.15, 0.2) is 188 Å². The fourth-order valence-electron chi connectivity index (χ4n) is 13.7. The minimum atomic E-state index is -0.0622. The van der Waals surface area contributed by atoms with Crippen LogP contribution in [0, 0.1) is 23.7 Å². The second kappa shape index (κ2) is 13.0. The fourth-order valence-corrected chi connectivity index (χ4v) is 13.7. The predicted octanol–water partition coefficient (Wildman–Crippen LogP) is 15.8. The van der Waals surface area contributed by atoms with E-state index >= 15 is 0 Å². The summed E-state index contributed by atoms with van der Waals surface area (Å²) in [6, 6.07) is 71.4. The van der Waals surface area contributed by atoms with Crippen LogP contribution in [-0.2, 0) is 10.8 Å². The fraction of sp³-hybridized carbons (Fsp3) is 0.200. The van der Waals surface area contributed by atoms with Gasteiger partial charge >= 0.3 is 0 Å². The van der Waals surface area contributed by atoms with Gasteiger partial charge < -0.3 is 4.90 Å². The second-order valence-corrected chi connectivity index (χ2v) is 19.3. The first kappa shape index (κ1) is 35.3. The maximum Gasteiger partial charge on any atom is 0.0473 e. The van der Waals surface area contributed by atoms with E-state index in [1.807, 2.05) is 0 Å². The summed E-state index contributed by atoms with van der Waals surface area (Å²) in [5, 5.41) is 0. The lowest BCUT2D eigenvalue weighted by molar-refractivity contribution is 0.191. The third kappa shape index (κ3) is 5.01. The van der Waals surface area contributed by atoms with Crippen LogP contribution in [0.1, 0.15) is 61.8 Å². The van der Waals surface area contributed by atoms with Gasteiger partial charge in [0.15, 0.2) is 0 Å². The van der Waals surface area contributed by atoms with Gasteiger partial charge in [-0.05, 0) is 170 Å². The summed E-state index contributed by atoms with van der Waals surface area (Å²) in [5.41, 5.74) is 22.7. The third-order valence-corrected chi connectivity index (χ3v) is 16.0. The summed E-state index contributed by atoms with van der Waals surface area (Å²) in [4.78, 5) is 2.52. The van der Waals surface area contributed by atoms with Crippen LogP contribution < -0.4 is 4.90 Å². The summed E-state index contributed by atoms with van der Waals surface area (Å²) in [7, 11) is 0. The predicted molar refractivity (Wildman–Crippen MR) is 254 cm³/mol. The molecule has 5 unspecified atom stereocenters. The van der Waals surface area contributed by atoms with Crippen molar-refractivity contribution in [1.82, 2.24) is 0 Å². The molecule has 0 heterocycles. The number of rotatable bonds is 6. The number of fused-ring (bicyclic) bond motifs is 6. The molecule has 0 aliphatic heterocycles. The van der Waals surface area contributed by atoms with Gasteiger partial charge in [0.2, 0.25) is 0 Å². The van der Waals surface area contributed by atoms with E-state index in [0.29, 0.717) is 5.92 Å². The smallest absolute Gasteiger partial charge is 0.0473 e. The molecule has 0 radical (unpaired) electrons. The summed E-state index contributed by atoms with van der Waals surface area (Å²) in [6.45, 7) is 4.75. The Kier molecular flexibility index (Phi) is 7.55. The molecule has 6 aliphatic carbocycles. The van der Waals surface area contributed by atoms with Gasteiger partial charge in [0.25, 0.3) is 0 Å². The van der Waals surface area contributed by atoms with Crippen molar-refractivity contribution in [2.45, 2.75) is 50.4 Å². The zero-order chi connectivity index (χ0) is 40.5. The van der Waals surface area contributed by atoms with Crippen LogP contribution in [-0.4, -0.2) is 0 Å². The molecule has 0 saturated heterocycles. The molecule has 4 bridgehead atoms. The molecule has 4 fully saturated rings. The average Bonchev–Trinajstić information content (AvgIpc) is 3.94. The molecule has 1 spiro atoms. The van der Waals surface area contributed by atoms with Gasteiger partial charge in [-0.3, -0.25) is 0 Å². The Morgan fingerprint density at radius 3 is 1.74 bits per heavy atom. The summed E-state index contributed by atoms with van der Waals surface area (Å²) >= 11 is 0. The number of hydrogen-bond donors (Lipinski definition) is 0. The molecule has 0 N–H and O–H groups in total.